The highest BCUT2D eigenvalue weighted by atomic mass is 35.5. The van der Waals surface area contributed by atoms with Crippen molar-refractivity contribution in [3.05, 3.63) is 58.8 Å². The van der Waals surface area contributed by atoms with Gasteiger partial charge in [-0.2, -0.15) is 10.1 Å². The maximum atomic E-state index is 12.6. The van der Waals surface area contributed by atoms with Crippen molar-refractivity contribution < 1.29 is 14.0 Å². The number of nitrogens with zero attached hydrogens (tertiary/aromatic N) is 2. The molecule has 2 amide bonds. The van der Waals surface area contributed by atoms with Gasteiger partial charge in [0.2, 0.25) is 0 Å². The van der Waals surface area contributed by atoms with Gasteiger partial charge in [-0.1, -0.05) is 29.8 Å². The van der Waals surface area contributed by atoms with E-state index in [1.54, 1.807) is 6.07 Å². The topological polar surface area (TPSA) is 62.9 Å². The van der Waals surface area contributed by atoms with E-state index < -0.39 is 0 Å². The van der Waals surface area contributed by atoms with Crippen molar-refractivity contribution >= 4 is 29.6 Å². The highest BCUT2D eigenvalue weighted by Crippen LogP contribution is 2.52. The van der Waals surface area contributed by atoms with Crippen LogP contribution in [0.3, 0.4) is 0 Å². The summed E-state index contributed by atoms with van der Waals surface area (Å²) in [5.74, 6) is 0.607. The Labute approximate surface area is 161 Å². The van der Waals surface area contributed by atoms with Gasteiger partial charge in [0.05, 0.1) is 18.1 Å². The van der Waals surface area contributed by atoms with E-state index in [-0.39, 0.29) is 35.5 Å². The molecule has 2 fully saturated rings. The monoisotopic (exact) mass is 380 g/mol. The minimum Gasteiger partial charge on any atom is -0.455 e. The van der Waals surface area contributed by atoms with Gasteiger partial charge < -0.3 is 4.42 Å². The smallest absolute Gasteiger partial charge is 0.254 e. The van der Waals surface area contributed by atoms with E-state index in [0.717, 1.165) is 22.6 Å². The number of carbonyl (C=O) groups is 2. The molecule has 2 heterocycles. The van der Waals surface area contributed by atoms with Crippen LogP contribution < -0.4 is 0 Å². The second-order valence-electron chi connectivity index (χ2n) is 7.39. The zero-order chi connectivity index (χ0) is 18.7. The molecule has 0 radical (unpaired) electrons. The Hall–Kier alpha value is -2.66. The summed E-state index contributed by atoms with van der Waals surface area (Å²) in [7, 11) is 0. The van der Waals surface area contributed by atoms with E-state index in [2.05, 4.69) is 17.3 Å². The van der Waals surface area contributed by atoms with Crippen molar-refractivity contribution in [3.63, 3.8) is 0 Å². The first kappa shape index (κ1) is 16.5. The molecule has 3 aliphatic rings. The lowest BCUT2D eigenvalue weighted by Gasteiger charge is -2.13. The maximum Gasteiger partial charge on any atom is 0.254 e. The van der Waals surface area contributed by atoms with Crippen molar-refractivity contribution in [2.24, 2.45) is 28.8 Å². The lowest BCUT2D eigenvalue weighted by Crippen LogP contribution is -2.28. The fourth-order valence-electron chi connectivity index (χ4n) is 4.54. The van der Waals surface area contributed by atoms with E-state index in [1.165, 1.54) is 6.21 Å². The molecule has 2 bridgehead atoms. The third-order valence-electron chi connectivity index (χ3n) is 5.84. The highest BCUT2D eigenvalue weighted by molar-refractivity contribution is 6.30. The molecule has 1 aromatic heterocycles. The summed E-state index contributed by atoms with van der Waals surface area (Å²) in [6.07, 6.45) is 6.47. The Morgan fingerprint density at radius 2 is 1.81 bits per heavy atom. The molecular weight excluding hydrogens is 364 g/mol. The molecule has 5 rings (SSSR count). The van der Waals surface area contributed by atoms with Gasteiger partial charge in [-0.3, -0.25) is 9.59 Å². The fourth-order valence-corrected chi connectivity index (χ4v) is 4.71. The predicted octanol–water partition coefficient (Wildman–Crippen LogP) is 4.05. The van der Waals surface area contributed by atoms with Crippen LogP contribution in [0, 0.1) is 30.6 Å². The number of hydrogen-bond donors (Lipinski definition) is 0. The molecule has 1 saturated heterocycles. The molecule has 4 atom stereocenters. The zero-order valence-electron chi connectivity index (χ0n) is 14.6. The van der Waals surface area contributed by atoms with Crippen molar-refractivity contribution in [1.82, 2.24) is 5.01 Å². The molecule has 0 N–H and O–H groups in total. The number of amides is 2. The number of fused-ring (bicyclic) bond motifs is 5. The number of aryl methyl sites for hydroxylation is 1. The first-order valence-electron chi connectivity index (χ1n) is 8.99. The summed E-state index contributed by atoms with van der Waals surface area (Å²) < 4.78 is 5.81. The van der Waals surface area contributed by atoms with Crippen LogP contribution in [0.15, 0.2) is 52.0 Å². The molecule has 0 spiro atoms. The number of carbonyl (C=O) groups excluding carboxylic acids is 2. The van der Waals surface area contributed by atoms with E-state index in [1.807, 2.05) is 31.2 Å². The second-order valence-corrected chi connectivity index (χ2v) is 7.83. The number of furan rings is 1. The fraction of sp³-hybridized carbons (Fsp3) is 0.286. The van der Waals surface area contributed by atoms with Gasteiger partial charge in [0.1, 0.15) is 11.5 Å². The molecule has 6 heteroatoms. The number of halogens is 1. The van der Waals surface area contributed by atoms with Crippen LogP contribution in [0.4, 0.5) is 0 Å². The van der Waals surface area contributed by atoms with Crippen molar-refractivity contribution in [3.8, 4) is 11.3 Å². The highest BCUT2D eigenvalue weighted by Gasteiger charge is 2.59. The van der Waals surface area contributed by atoms with Crippen molar-refractivity contribution in [1.29, 1.82) is 0 Å². The SMILES string of the molecule is Cc1ccc(Cl)cc1-c1ccc(/C=N\N2C(=O)[C@@H]3[C@@H](C2=O)[C@H]2C=C[C@H]3C2)o1. The number of hydrogen-bond acceptors (Lipinski definition) is 4. The van der Waals surface area contributed by atoms with Gasteiger partial charge in [0.25, 0.3) is 11.8 Å². The van der Waals surface area contributed by atoms with Crippen LogP contribution in [-0.4, -0.2) is 23.0 Å². The normalized spacial score (nSPS) is 28.7. The van der Waals surface area contributed by atoms with Gasteiger partial charge in [0, 0.05) is 10.6 Å². The lowest BCUT2D eigenvalue weighted by molar-refractivity contribution is -0.140. The van der Waals surface area contributed by atoms with Crippen LogP contribution >= 0.6 is 11.6 Å². The Kier molecular flexibility index (Phi) is 3.62. The Morgan fingerprint density at radius 3 is 2.52 bits per heavy atom. The summed E-state index contributed by atoms with van der Waals surface area (Å²) in [6, 6.07) is 9.18. The minimum atomic E-state index is -0.245. The van der Waals surface area contributed by atoms with Gasteiger partial charge in [-0.05, 0) is 55.0 Å². The average Bonchev–Trinajstić information content (AvgIpc) is 3.41. The van der Waals surface area contributed by atoms with E-state index in [4.69, 9.17) is 16.0 Å². The second kappa shape index (κ2) is 5.92. The van der Waals surface area contributed by atoms with E-state index >= 15 is 0 Å². The third-order valence-corrected chi connectivity index (χ3v) is 6.07. The molecule has 0 unspecified atom stereocenters. The van der Waals surface area contributed by atoms with Gasteiger partial charge in [-0.25, -0.2) is 0 Å². The molecule has 1 saturated carbocycles. The van der Waals surface area contributed by atoms with E-state index in [0.29, 0.717) is 16.5 Å². The number of allylic oxidation sites excluding steroid dienone is 2. The first-order chi connectivity index (χ1) is 13.0. The van der Waals surface area contributed by atoms with Crippen LogP contribution in [0.1, 0.15) is 17.7 Å². The molecule has 1 aliphatic heterocycles. The standard InChI is InChI=1S/C21H17ClN2O3/c1-11-2-5-14(22)9-16(11)17-7-6-15(27-17)10-23-24-20(25)18-12-3-4-13(8-12)19(18)21(24)26/h2-7,9-10,12-13,18-19H,8H2,1H3/b23-10-/t12-,13-,18-,19-/m0/s1. The Bertz CT molecular complexity index is 992. The summed E-state index contributed by atoms with van der Waals surface area (Å²) in [6.45, 7) is 1.98. The van der Waals surface area contributed by atoms with Crippen LogP contribution in [0.2, 0.25) is 5.02 Å². The summed E-state index contributed by atoms with van der Waals surface area (Å²) in [5.41, 5.74) is 1.94. The molecule has 2 aromatic rings. The van der Waals surface area contributed by atoms with Crippen molar-refractivity contribution in [2.45, 2.75) is 13.3 Å². The van der Waals surface area contributed by atoms with Crippen LogP contribution in [0.25, 0.3) is 11.3 Å². The number of benzene rings is 1. The minimum absolute atomic E-state index is 0.178. The summed E-state index contributed by atoms with van der Waals surface area (Å²) >= 11 is 6.07. The van der Waals surface area contributed by atoms with Gasteiger partial charge >= 0.3 is 0 Å². The maximum absolute atomic E-state index is 12.6. The molecular formula is C21H17ClN2O3. The lowest BCUT2D eigenvalue weighted by atomic mass is 9.85. The number of rotatable bonds is 3. The zero-order valence-corrected chi connectivity index (χ0v) is 15.4. The van der Waals surface area contributed by atoms with Crippen LogP contribution in [-0.2, 0) is 9.59 Å². The summed E-state index contributed by atoms with van der Waals surface area (Å²) in [5, 5.41) is 5.80. The summed E-state index contributed by atoms with van der Waals surface area (Å²) in [4.78, 5) is 25.3. The van der Waals surface area contributed by atoms with Crippen LogP contribution in [0.5, 0.6) is 0 Å². The molecule has 136 valence electrons. The first-order valence-corrected chi connectivity index (χ1v) is 9.37. The largest absolute Gasteiger partial charge is 0.455 e. The van der Waals surface area contributed by atoms with Crippen molar-refractivity contribution in [2.75, 3.05) is 0 Å². The molecule has 5 nitrogen and oxygen atoms in total. The predicted molar refractivity (Wildman–Crippen MR) is 101 cm³/mol. The molecule has 1 aromatic carbocycles. The van der Waals surface area contributed by atoms with E-state index in [9.17, 15) is 9.59 Å². The van der Waals surface area contributed by atoms with Gasteiger partial charge in [0.15, 0.2) is 0 Å². The Balaban J connectivity index is 1.38. The molecule has 2 aliphatic carbocycles. The Morgan fingerprint density at radius 1 is 1.11 bits per heavy atom. The van der Waals surface area contributed by atoms with Gasteiger partial charge in [-0.15, -0.1) is 0 Å². The quantitative estimate of drug-likeness (QED) is 0.458. The number of imide groups is 1. The number of hydrazone groups is 1. The average molecular weight is 381 g/mol. The molecule has 27 heavy (non-hydrogen) atoms. The third kappa shape index (κ3) is 2.49.